The molecule has 2 aromatic rings. The van der Waals surface area contributed by atoms with E-state index in [1.54, 1.807) is 23.1 Å². The fourth-order valence-electron chi connectivity index (χ4n) is 2.32. The zero-order valence-corrected chi connectivity index (χ0v) is 10.6. The van der Waals surface area contributed by atoms with Crippen LogP contribution in [0.1, 0.15) is 5.56 Å². The summed E-state index contributed by atoms with van der Waals surface area (Å²) in [7, 11) is 0. The van der Waals surface area contributed by atoms with Crippen molar-refractivity contribution in [3.05, 3.63) is 53.8 Å². The SMILES string of the molecule is O=C1CN(c2ccc(CO)cc2F)c2ccccc2N1. The highest BCUT2D eigenvalue weighted by molar-refractivity contribution is 6.03. The lowest BCUT2D eigenvalue weighted by Gasteiger charge is -2.31. The number of nitrogens with one attached hydrogen (secondary N) is 1. The summed E-state index contributed by atoms with van der Waals surface area (Å²) in [5.41, 5.74) is 2.24. The van der Waals surface area contributed by atoms with Crippen molar-refractivity contribution in [3.8, 4) is 0 Å². The first-order chi connectivity index (χ1) is 9.69. The minimum atomic E-state index is -0.457. The number of fused-ring (bicyclic) bond motifs is 1. The van der Waals surface area contributed by atoms with Gasteiger partial charge in [-0.1, -0.05) is 18.2 Å². The van der Waals surface area contributed by atoms with Crippen LogP contribution in [0, 0.1) is 5.82 Å². The summed E-state index contributed by atoms with van der Waals surface area (Å²) < 4.78 is 14.2. The van der Waals surface area contributed by atoms with Crippen LogP contribution < -0.4 is 10.2 Å². The molecule has 0 aliphatic carbocycles. The number of para-hydroxylation sites is 2. The largest absolute Gasteiger partial charge is 0.392 e. The van der Waals surface area contributed by atoms with Crippen LogP contribution in [0.25, 0.3) is 0 Å². The zero-order chi connectivity index (χ0) is 14.1. The van der Waals surface area contributed by atoms with Crippen LogP contribution in [-0.4, -0.2) is 17.6 Å². The molecule has 3 rings (SSSR count). The minimum Gasteiger partial charge on any atom is -0.392 e. The van der Waals surface area contributed by atoms with E-state index in [0.29, 0.717) is 16.9 Å². The van der Waals surface area contributed by atoms with E-state index < -0.39 is 5.82 Å². The fraction of sp³-hybridized carbons (Fsp3) is 0.133. The molecule has 2 aromatic carbocycles. The average molecular weight is 272 g/mol. The second-order valence-electron chi connectivity index (χ2n) is 4.60. The van der Waals surface area contributed by atoms with Gasteiger partial charge in [-0.15, -0.1) is 0 Å². The van der Waals surface area contributed by atoms with Gasteiger partial charge in [0.25, 0.3) is 0 Å². The molecule has 0 radical (unpaired) electrons. The van der Waals surface area contributed by atoms with Crippen LogP contribution in [0.4, 0.5) is 21.5 Å². The summed E-state index contributed by atoms with van der Waals surface area (Å²) in [4.78, 5) is 13.4. The Labute approximate surface area is 115 Å². The van der Waals surface area contributed by atoms with Crippen molar-refractivity contribution < 1.29 is 14.3 Å². The average Bonchev–Trinajstić information content (AvgIpc) is 2.46. The van der Waals surface area contributed by atoms with Crippen LogP contribution in [0.5, 0.6) is 0 Å². The van der Waals surface area contributed by atoms with Crippen LogP contribution >= 0.6 is 0 Å². The van der Waals surface area contributed by atoms with E-state index in [2.05, 4.69) is 5.32 Å². The molecule has 0 bridgehead atoms. The van der Waals surface area contributed by atoms with Gasteiger partial charge in [-0.2, -0.15) is 0 Å². The molecule has 102 valence electrons. The summed E-state index contributed by atoms with van der Waals surface area (Å²) >= 11 is 0. The number of aliphatic hydroxyl groups is 1. The number of hydrogen-bond acceptors (Lipinski definition) is 3. The van der Waals surface area contributed by atoms with Crippen molar-refractivity contribution in [2.24, 2.45) is 0 Å². The first-order valence-corrected chi connectivity index (χ1v) is 6.25. The topological polar surface area (TPSA) is 52.6 Å². The Hall–Kier alpha value is -2.40. The van der Waals surface area contributed by atoms with E-state index in [-0.39, 0.29) is 19.1 Å². The van der Waals surface area contributed by atoms with Crippen LogP contribution in [0.15, 0.2) is 42.5 Å². The van der Waals surface area contributed by atoms with E-state index in [9.17, 15) is 9.18 Å². The van der Waals surface area contributed by atoms with Crippen LogP contribution in [-0.2, 0) is 11.4 Å². The highest BCUT2D eigenvalue weighted by Crippen LogP contribution is 2.36. The number of carbonyl (C=O) groups is 1. The van der Waals surface area contributed by atoms with Gasteiger partial charge >= 0.3 is 0 Å². The Kier molecular flexibility index (Phi) is 3.12. The van der Waals surface area contributed by atoms with Crippen LogP contribution in [0.3, 0.4) is 0 Å². The number of hydrogen-bond donors (Lipinski definition) is 2. The second-order valence-corrected chi connectivity index (χ2v) is 4.60. The molecule has 0 saturated carbocycles. The molecule has 5 heteroatoms. The van der Waals surface area contributed by atoms with Gasteiger partial charge in [0.2, 0.25) is 5.91 Å². The number of amides is 1. The molecule has 0 spiro atoms. The van der Waals surface area contributed by atoms with Gasteiger partial charge in [0.1, 0.15) is 12.4 Å². The first kappa shape index (κ1) is 12.6. The highest BCUT2D eigenvalue weighted by atomic mass is 19.1. The smallest absolute Gasteiger partial charge is 0.244 e. The summed E-state index contributed by atoms with van der Waals surface area (Å²) in [6.07, 6.45) is 0. The van der Waals surface area contributed by atoms with E-state index in [0.717, 1.165) is 5.69 Å². The summed E-state index contributed by atoms with van der Waals surface area (Å²) in [6, 6.07) is 11.8. The monoisotopic (exact) mass is 272 g/mol. The van der Waals surface area contributed by atoms with E-state index in [1.807, 2.05) is 18.2 Å². The maximum Gasteiger partial charge on any atom is 0.244 e. The third-order valence-electron chi connectivity index (χ3n) is 3.26. The van der Waals surface area contributed by atoms with Crippen molar-refractivity contribution in [2.75, 3.05) is 16.8 Å². The van der Waals surface area contributed by atoms with Crippen molar-refractivity contribution in [3.63, 3.8) is 0 Å². The van der Waals surface area contributed by atoms with Gasteiger partial charge < -0.3 is 15.3 Å². The summed E-state index contributed by atoms with van der Waals surface area (Å²) in [5.74, 6) is -0.643. The van der Waals surface area contributed by atoms with Gasteiger partial charge in [-0.3, -0.25) is 4.79 Å². The van der Waals surface area contributed by atoms with Gasteiger partial charge in [-0.25, -0.2) is 4.39 Å². The predicted molar refractivity (Wildman–Crippen MR) is 74.4 cm³/mol. The highest BCUT2D eigenvalue weighted by Gasteiger charge is 2.24. The second kappa shape index (κ2) is 4.94. The maximum absolute atomic E-state index is 14.2. The van der Waals surface area contributed by atoms with Gasteiger partial charge in [-0.05, 0) is 29.8 Å². The Balaban J connectivity index is 2.08. The van der Waals surface area contributed by atoms with Gasteiger partial charge in [0, 0.05) is 0 Å². The van der Waals surface area contributed by atoms with Gasteiger partial charge in [0.15, 0.2) is 0 Å². The third-order valence-corrected chi connectivity index (χ3v) is 3.26. The quantitative estimate of drug-likeness (QED) is 0.882. The number of carbonyl (C=O) groups excluding carboxylic acids is 1. The Morgan fingerprint density at radius 3 is 2.75 bits per heavy atom. The molecule has 2 N–H and O–H groups in total. The summed E-state index contributed by atoms with van der Waals surface area (Å²) in [5, 5.41) is 11.8. The molecule has 0 atom stereocenters. The predicted octanol–water partition coefficient (Wildman–Crippen LogP) is 2.41. The molecule has 0 saturated heterocycles. The number of benzene rings is 2. The van der Waals surface area contributed by atoms with E-state index >= 15 is 0 Å². The Bertz CT molecular complexity index is 673. The molecule has 0 unspecified atom stereocenters. The fourth-order valence-corrected chi connectivity index (χ4v) is 2.32. The molecule has 1 heterocycles. The molecular weight excluding hydrogens is 259 g/mol. The normalized spacial score (nSPS) is 13.9. The number of halogens is 1. The third kappa shape index (κ3) is 2.12. The number of rotatable bonds is 2. The standard InChI is InChI=1S/C15H13FN2O2/c16-11-7-10(9-19)5-6-13(11)18-8-15(20)17-12-3-1-2-4-14(12)18/h1-7,19H,8-9H2,(H,17,20). The molecular formula is C15H13FN2O2. The molecule has 1 aliphatic heterocycles. The van der Waals surface area contributed by atoms with Crippen LogP contribution in [0.2, 0.25) is 0 Å². The molecule has 0 fully saturated rings. The maximum atomic E-state index is 14.2. The Morgan fingerprint density at radius 2 is 2.00 bits per heavy atom. The molecule has 4 nitrogen and oxygen atoms in total. The Morgan fingerprint density at radius 1 is 1.20 bits per heavy atom. The van der Waals surface area contributed by atoms with E-state index in [1.165, 1.54) is 6.07 Å². The summed E-state index contributed by atoms with van der Waals surface area (Å²) in [6.45, 7) is -0.152. The van der Waals surface area contributed by atoms with Crippen molar-refractivity contribution in [2.45, 2.75) is 6.61 Å². The molecule has 0 aromatic heterocycles. The number of nitrogens with zero attached hydrogens (tertiary/aromatic N) is 1. The molecule has 1 amide bonds. The lowest BCUT2D eigenvalue weighted by atomic mass is 10.1. The zero-order valence-electron chi connectivity index (χ0n) is 10.6. The number of aliphatic hydroxyl groups excluding tert-OH is 1. The van der Waals surface area contributed by atoms with Gasteiger partial charge in [0.05, 0.1) is 23.7 Å². The molecule has 1 aliphatic rings. The lowest BCUT2D eigenvalue weighted by Crippen LogP contribution is -2.35. The minimum absolute atomic E-state index is 0.0619. The van der Waals surface area contributed by atoms with E-state index in [4.69, 9.17) is 5.11 Å². The lowest BCUT2D eigenvalue weighted by molar-refractivity contribution is -0.115. The molecule has 20 heavy (non-hydrogen) atoms. The van der Waals surface area contributed by atoms with Crippen molar-refractivity contribution >= 4 is 23.0 Å². The number of anilines is 3. The van der Waals surface area contributed by atoms with Crippen molar-refractivity contribution in [1.29, 1.82) is 0 Å². The first-order valence-electron chi connectivity index (χ1n) is 6.25. The van der Waals surface area contributed by atoms with Crippen molar-refractivity contribution in [1.82, 2.24) is 0 Å².